The number of fused-ring (bicyclic) bond motifs is 1. The fourth-order valence-corrected chi connectivity index (χ4v) is 2.67. The van der Waals surface area contributed by atoms with Crippen LogP contribution in [0.4, 0.5) is 0 Å². The van der Waals surface area contributed by atoms with Gasteiger partial charge >= 0.3 is 0 Å². The third-order valence-corrected chi connectivity index (χ3v) is 3.73. The summed E-state index contributed by atoms with van der Waals surface area (Å²) in [7, 11) is 0. The summed E-state index contributed by atoms with van der Waals surface area (Å²) in [6.45, 7) is 1.60. The highest BCUT2D eigenvalue weighted by molar-refractivity contribution is 5.96. The Balaban J connectivity index is 1.61. The van der Waals surface area contributed by atoms with Crippen LogP contribution in [-0.2, 0) is 11.2 Å². The van der Waals surface area contributed by atoms with Gasteiger partial charge in [-0.1, -0.05) is 0 Å². The zero-order valence-electron chi connectivity index (χ0n) is 10.5. The van der Waals surface area contributed by atoms with Gasteiger partial charge in [0.05, 0.1) is 12.7 Å². The molecule has 2 heterocycles. The van der Waals surface area contributed by atoms with E-state index in [1.165, 1.54) is 0 Å². The summed E-state index contributed by atoms with van der Waals surface area (Å²) in [6, 6.07) is 5.78. The molecule has 0 saturated carbocycles. The Bertz CT molecular complexity index is 447. The average molecular weight is 246 g/mol. The maximum absolute atomic E-state index is 12.1. The summed E-state index contributed by atoms with van der Waals surface area (Å²) in [4.78, 5) is 12.1. The quantitative estimate of drug-likeness (QED) is 0.766. The lowest BCUT2D eigenvalue weighted by Crippen LogP contribution is -2.09. The summed E-state index contributed by atoms with van der Waals surface area (Å²) in [5.41, 5.74) is 1.98. The number of ketones is 1. The molecule has 1 fully saturated rings. The summed E-state index contributed by atoms with van der Waals surface area (Å²) < 4.78 is 11.0. The normalized spacial score (nSPS) is 21.7. The molecule has 0 aliphatic carbocycles. The Hall–Kier alpha value is -1.35. The van der Waals surface area contributed by atoms with Crippen molar-refractivity contribution >= 4 is 5.78 Å². The van der Waals surface area contributed by atoms with Gasteiger partial charge in [-0.05, 0) is 43.0 Å². The second kappa shape index (κ2) is 5.11. The van der Waals surface area contributed by atoms with Gasteiger partial charge in [-0.2, -0.15) is 0 Å². The molecule has 1 saturated heterocycles. The zero-order valence-corrected chi connectivity index (χ0v) is 10.5. The molecule has 0 amide bonds. The molecule has 1 aromatic carbocycles. The molecule has 3 rings (SSSR count). The van der Waals surface area contributed by atoms with E-state index in [4.69, 9.17) is 9.47 Å². The van der Waals surface area contributed by atoms with Crippen molar-refractivity contribution in [1.82, 2.24) is 0 Å². The number of hydrogen-bond donors (Lipinski definition) is 0. The standard InChI is InChI=1S/C15H18O3/c16-14(5-4-13-2-1-8-17-13)11-3-6-15-12(10-11)7-9-18-15/h3,6,10,13H,1-2,4-5,7-9H2. The first-order valence-electron chi connectivity index (χ1n) is 6.73. The molecule has 1 unspecified atom stereocenters. The van der Waals surface area contributed by atoms with Gasteiger partial charge in [-0.3, -0.25) is 4.79 Å². The monoisotopic (exact) mass is 246 g/mol. The lowest BCUT2D eigenvalue weighted by Gasteiger charge is -2.08. The molecule has 0 N–H and O–H groups in total. The van der Waals surface area contributed by atoms with E-state index in [0.717, 1.165) is 55.8 Å². The van der Waals surface area contributed by atoms with Crippen LogP contribution in [0.25, 0.3) is 0 Å². The average Bonchev–Trinajstić information content (AvgIpc) is 3.05. The number of hydrogen-bond acceptors (Lipinski definition) is 3. The van der Waals surface area contributed by atoms with E-state index < -0.39 is 0 Å². The van der Waals surface area contributed by atoms with Crippen LogP contribution in [0.3, 0.4) is 0 Å². The maximum atomic E-state index is 12.1. The summed E-state index contributed by atoms with van der Waals surface area (Å²) in [6.07, 6.45) is 4.89. The molecule has 96 valence electrons. The number of benzene rings is 1. The highest BCUT2D eigenvalue weighted by atomic mass is 16.5. The van der Waals surface area contributed by atoms with E-state index in [0.29, 0.717) is 12.5 Å². The van der Waals surface area contributed by atoms with Crippen molar-refractivity contribution in [1.29, 1.82) is 0 Å². The molecule has 2 aliphatic rings. The van der Waals surface area contributed by atoms with Crippen molar-refractivity contribution in [3.63, 3.8) is 0 Å². The predicted molar refractivity (Wildman–Crippen MR) is 68.2 cm³/mol. The Morgan fingerprint density at radius 1 is 1.33 bits per heavy atom. The van der Waals surface area contributed by atoms with E-state index in [9.17, 15) is 4.79 Å². The van der Waals surface area contributed by atoms with Gasteiger partial charge in [0.1, 0.15) is 5.75 Å². The van der Waals surface area contributed by atoms with Crippen molar-refractivity contribution < 1.29 is 14.3 Å². The number of ether oxygens (including phenoxy) is 2. The Labute approximate surface area is 107 Å². The van der Waals surface area contributed by atoms with Gasteiger partial charge in [0, 0.05) is 25.0 Å². The van der Waals surface area contributed by atoms with Crippen molar-refractivity contribution in [2.45, 2.75) is 38.2 Å². The molecule has 18 heavy (non-hydrogen) atoms. The van der Waals surface area contributed by atoms with Gasteiger partial charge in [0.25, 0.3) is 0 Å². The first kappa shape index (κ1) is 11.7. The van der Waals surface area contributed by atoms with Gasteiger partial charge in [-0.25, -0.2) is 0 Å². The minimum absolute atomic E-state index is 0.222. The first-order chi connectivity index (χ1) is 8.83. The molecule has 0 radical (unpaired) electrons. The summed E-state index contributed by atoms with van der Waals surface area (Å²) >= 11 is 0. The topological polar surface area (TPSA) is 35.5 Å². The molecule has 0 bridgehead atoms. The number of carbonyl (C=O) groups is 1. The minimum atomic E-state index is 0.222. The summed E-state index contributed by atoms with van der Waals surface area (Å²) in [5.74, 6) is 1.16. The van der Waals surface area contributed by atoms with Crippen LogP contribution in [-0.4, -0.2) is 25.1 Å². The molecule has 3 heteroatoms. The van der Waals surface area contributed by atoms with E-state index in [1.54, 1.807) is 0 Å². The Kier molecular flexibility index (Phi) is 3.33. The number of carbonyl (C=O) groups excluding carboxylic acids is 1. The van der Waals surface area contributed by atoms with Crippen LogP contribution in [0.5, 0.6) is 5.75 Å². The minimum Gasteiger partial charge on any atom is -0.493 e. The highest BCUT2D eigenvalue weighted by Gasteiger charge is 2.19. The van der Waals surface area contributed by atoms with Crippen LogP contribution < -0.4 is 4.74 Å². The molecular formula is C15H18O3. The van der Waals surface area contributed by atoms with Crippen molar-refractivity contribution in [3.05, 3.63) is 29.3 Å². The molecule has 0 aromatic heterocycles. The van der Waals surface area contributed by atoms with E-state index >= 15 is 0 Å². The molecule has 1 aromatic rings. The predicted octanol–water partition coefficient (Wildman–Crippen LogP) is 2.76. The third-order valence-electron chi connectivity index (χ3n) is 3.73. The molecule has 0 spiro atoms. The first-order valence-corrected chi connectivity index (χ1v) is 6.73. The molecule has 3 nitrogen and oxygen atoms in total. The Morgan fingerprint density at radius 2 is 2.28 bits per heavy atom. The van der Waals surface area contributed by atoms with Crippen LogP contribution in [0.2, 0.25) is 0 Å². The van der Waals surface area contributed by atoms with Crippen LogP contribution in [0, 0.1) is 0 Å². The van der Waals surface area contributed by atoms with E-state index in [1.807, 2.05) is 18.2 Å². The van der Waals surface area contributed by atoms with Gasteiger partial charge in [-0.15, -0.1) is 0 Å². The zero-order chi connectivity index (χ0) is 12.4. The lowest BCUT2D eigenvalue weighted by molar-refractivity contribution is 0.0859. The SMILES string of the molecule is O=C(CCC1CCCO1)c1ccc2c(c1)CCO2. The van der Waals surface area contributed by atoms with Crippen molar-refractivity contribution in [2.24, 2.45) is 0 Å². The fraction of sp³-hybridized carbons (Fsp3) is 0.533. The lowest BCUT2D eigenvalue weighted by atomic mass is 10.0. The number of Topliss-reactive ketones (excluding diaryl/α,β-unsaturated/α-hetero) is 1. The van der Waals surface area contributed by atoms with Gasteiger partial charge in [0.15, 0.2) is 5.78 Å². The van der Waals surface area contributed by atoms with E-state index in [-0.39, 0.29) is 5.78 Å². The highest BCUT2D eigenvalue weighted by Crippen LogP contribution is 2.27. The fourth-order valence-electron chi connectivity index (χ4n) is 2.67. The van der Waals surface area contributed by atoms with Crippen LogP contribution in [0.15, 0.2) is 18.2 Å². The van der Waals surface area contributed by atoms with Crippen LogP contribution >= 0.6 is 0 Å². The molecule has 1 atom stereocenters. The number of rotatable bonds is 4. The Morgan fingerprint density at radius 3 is 3.11 bits per heavy atom. The van der Waals surface area contributed by atoms with Crippen molar-refractivity contribution in [2.75, 3.05) is 13.2 Å². The third kappa shape index (κ3) is 2.41. The van der Waals surface area contributed by atoms with Gasteiger partial charge < -0.3 is 9.47 Å². The smallest absolute Gasteiger partial charge is 0.162 e. The molecular weight excluding hydrogens is 228 g/mol. The summed E-state index contributed by atoms with van der Waals surface area (Å²) in [5, 5.41) is 0. The maximum Gasteiger partial charge on any atom is 0.162 e. The van der Waals surface area contributed by atoms with Crippen molar-refractivity contribution in [3.8, 4) is 5.75 Å². The largest absolute Gasteiger partial charge is 0.493 e. The molecule has 2 aliphatic heterocycles. The second-order valence-corrected chi connectivity index (χ2v) is 5.02. The second-order valence-electron chi connectivity index (χ2n) is 5.02. The van der Waals surface area contributed by atoms with E-state index in [2.05, 4.69) is 0 Å². The van der Waals surface area contributed by atoms with Crippen LogP contribution in [0.1, 0.15) is 41.6 Å². The van der Waals surface area contributed by atoms with Gasteiger partial charge in [0.2, 0.25) is 0 Å².